The van der Waals surface area contributed by atoms with Crippen molar-refractivity contribution < 1.29 is 20.1 Å². The monoisotopic (exact) mass is 168 g/mol. The number of hydrogen-bond donors (Lipinski definition) is 3. The molecule has 1 aliphatic heterocycles. The van der Waals surface area contributed by atoms with Crippen LogP contribution in [0.5, 0.6) is 0 Å². The highest BCUT2D eigenvalue weighted by atomic mass is 16.7. The summed E-state index contributed by atoms with van der Waals surface area (Å²) in [7, 11) is 0. The van der Waals surface area contributed by atoms with E-state index in [2.05, 4.69) is 0 Å². The highest BCUT2D eigenvalue weighted by Crippen LogP contribution is 2.19. The molecule has 1 fully saturated rings. The minimum atomic E-state index is -0.744. The molecule has 0 aromatic carbocycles. The van der Waals surface area contributed by atoms with Gasteiger partial charge in [-0.2, -0.15) is 0 Å². The van der Waals surface area contributed by atoms with Crippen molar-refractivity contribution in [2.24, 2.45) is 0 Å². The second-order valence-electron chi connectivity index (χ2n) is 2.93. The molecule has 1 aliphatic rings. The van der Waals surface area contributed by atoms with Gasteiger partial charge < -0.3 is 20.1 Å². The first-order valence-electron chi connectivity index (χ1n) is 3.77. The van der Waals surface area contributed by atoms with Crippen LogP contribution in [0.2, 0.25) is 0 Å². The molecule has 0 amide bonds. The molecule has 0 aliphatic carbocycles. The lowest BCUT2D eigenvalue weighted by Gasteiger charge is -2.34. The summed E-state index contributed by atoms with van der Waals surface area (Å²) in [5, 5.41) is 27.1. The summed E-state index contributed by atoms with van der Waals surface area (Å²) >= 11 is 0. The van der Waals surface area contributed by atoms with Gasteiger partial charge in [0.25, 0.3) is 0 Å². The molecule has 1 saturated heterocycles. The average Bonchev–Trinajstić information content (AvgIpc) is 1.97. The molecule has 0 radical (unpaired) electrons. The Morgan fingerprint density at radius 2 is 2.00 bits per heavy atom. The third kappa shape index (κ3) is 1.90. The first-order chi connectivity index (χ1) is 5.15. The Bertz CT molecular complexity index is 128. The van der Waals surface area contributed by atoms with Crippen LogP contribution in [-0.2, 0) is 4.74 Å². The predicted molar refractivity (Wildman–Crippen MR) is 38.1 cm³/mol. The fourth-order valence-corrected chi connectivity index (χ4v) is 1.21. The first-order valence-corrected chi connectivity index (χ1v) is 3.77. The highest BCUT2D eigenvalue weighted by Gasteiger charge is 2.32. The summed E-state index contributed by atoms with van der Waals surface area (Å²) in [5.41, 5.74) is 0. The van der Waals surface area contributed by atoms with E-state index in [4.69, 9.17) is 9.84 Å². The summed E-state index contributed by atoms with van der Waals surface area (Å²) in [4.78, 5) is 0. The molecule has 4 heteroatoms. The molecule has 0 bridgehead atoms. The number of rotatable bonds is 1. The van der Waals surface area contributed by atoms with E-state index in [-0.39, 0.29) is 19.1 Å². The van der Waals surface area contributed by atoms with Crippen LogP contribution in [0.1, 0.15) is 13.3 Å². The largest absolute Gasteiger partial charge is 0.394 e. The van der Waals surface area contributed by atoms with Crippen LogP contribution in [0.4, 0.5) is 0 Å². The molecule has 66 valence electrons. The van der Waals surface area contributed by atoms with Gasteiger partial charge in [-0.15, -0.1) is 0 Å². The van der Waals surface area contributed by atoms with Gasteiger partial charge in [0.2, 0.25) is 0 Å². The van der Waals surface area contributed by atoms with E-state index in [9.17, 15) is 10.2 Å². The topological polar surface area (TPSA) is 69.9 Å². The number of hydrogen-bond acceptors (Lipinski definition) is 4. The van der Waals surface area contributed by atoms with E-state index in [1.165, 1.54) is 0 Å². The second kappa shape index (κ2) is 3.49. The Kier molecular flexibility index (Phi) is 2.84. The van der Waals surface area contributed by atoms with Gasteiger partial charge in [-0.3, -0.25) is 0 Å². The number of aliphatic hydroxyl groups is 3. The lowest BCUT2D eigenvalue weighted by Crippen LogP contribution is -2.47. The lowest BCUT2D eigenvalue weighted by atomic mass is 10.9. The molecule has 0 spiro atoms. The van der Waals surface area contributed by atoms with E-state index in [1.54, 1.807) is 6.92 Å². The van der Waals surface area contributed by atoms with Crippen LogP contribution >= 0.6 is 0 Å². The fourth-order valence-electron chi connectivity index (χ4n) is 1.21. The quantitative estimate of drug-likeness (QED) is 0.434. The Balaban J connectivity index is 2.48. The molecule has 3 N–H and O–H groups in total. The maximum Gasteiger partial charge on any atom is 0.107 e. The fraction of sp³-hybridized carbons (Fsp3) is 1.00. The van der Waals surface area contributed by atoms with Crippen molar-refractivity contribution in [3.05, 3.63) is 0 Å². The minimum absolute atomic E-state index is 0.196. The molecular formula is C7H14O4. The van der Waals surface area contributed by atoms with Gasteiger partial charge in [0.15, 0.2) is 0 Å². The minimum Gasteiger partial charge on any atom is -0.394 e. The Labute approximate surface area is 65.4 Å². The number of ether oxygens (including phenoxy) is 1. The Hall–Kier alpha value is -0.160. The molecule has 1 rings (SSSR count). The molecule has 0 saturated carbocycles. The summed E-state index contributed by atoms with van der Waals surface area (Å²) in [6, 6.07) is 0. The van der Waals surface area contributed by atoms with Crippen LogP contribution in [0, 0.1) is 0 Å². The van der Waals surface area contributed by atoms with Crippen LogP contribution in [0.3, 0.4) is 0 Å². The molecular weight excluding hydrogens is 154 g/mol. The van der Waals surface area contributed by atoms with Crippen molar-refractivity contribution in [2.45, 2.75) is 37.8 Å². The molecule has 4 nitrogen and oxygen atoms in total. The van der Waals surface area contributed by atoms with Gasteiger partial charge in [0, 0.05) is 6.42 Å². The van der Waals surface area contributed by atoms with Crippen LogP contribution in [-0.4, -0.2) is 46.3 Å². The van der Waals surface area contributed by atoms with Gasteiger partial charge in [-0.1, -0.05) is 0 Å². The first kappa shape index (κ1) is 8.93. The van der Waals surface area contributed by atoms with Crippen molar-refractivity contribution in [2.75, 3.05) is 6.61 Å². The molecule has 0 aromatic heterocycles. The summed E-state index contributed by atoms with van der Waals surface area (Å²) in [6.07, 6.45) is -1.91. The standard InChI is InChI=1S/C7H14O4/c1-4-5(9)2-6(10)7(3-8)11-4/h4-10H,2-3H2,1H3/t4-,5+,6-,7+/m0/s1/i2+1,3+1,4+1,5+1,6+1,7+1. The van der Waals surface area contributed by atoms with Crippen molar-refractivity contribution >= 4 is 0 Å². The summed E-state index contributed by atoms with van der Waals surface area (Å²) in [5.74, 6) is 0. The van der Waals surface area contributed by atoms with Crippen molar-refractivity contribution in [1.82, 2.24) is 0 Å². The zero-order valence-corrected chi connectivity index (χ0v) is 6.47. The maximum atomic E-state index is 9.21. The van der Waals surface area contributed by atoms with Crippen molar-refractivity contribution in [3.63, 3.8) is 0 Å². The van der Waals surface area contributed by atoms with E-state index in [1.807, 2.05) is 0 Å². The molecule has 4 atom stereocenters. The van der Waals surface area contributed by atoms with E-state index in [0.717, 1.165) is 0 Å². The smallest absolute Gasteiger partial charge is 0.107 e. The molecule has 11 heavy (non-hydrogen) atoms. The summed E-state index contributed by atoms with van der Waals surface area (Å²) in [6.45, 7) is 1.53. The molecule has 0 aromatic rings. The molecule has 1 heterocycles. The van der Waals surface area contributed by atoms with Gasteiger partial charge in [0.1, 0.15) is 6.10 Å². The van der Waals surface area contributed by atoms with E-state index in [0.29, 0.717) is 0 Å². The lowest BCUT2D eigenvalue weighted by molar-refractivity contribution is -0.173. The van der Waals surface area contributed by atoms with Gasteiger partial charge in [-0.05, 0) is 6.92 Å². The van der Waals surface area contributed by atoms with Crippen LogP contribution in [0.15, 0.2) is 0 Å². The van der Waals surface area contributed by atoms with Gasteiger partial charge in [0.05, 0.1) is 24.9 Å². The predicted octanol–water partition coefficient (Wildman–Crippen LogP) is -1.12. The maximum absolute atomic E-state index is 9.21. The Morgan fingerprint density at radius 3 is 2.55 bits per heavy atom. The zero-order chi connectivity index (χ0) is 8.43. The Morgan fingerprint density at radius 1 is 1.36 bits per heavy atom. The third-order valence-electron chi connectivity index (χ3n) is 2.02. The highest BCUT2D eigenvalue weighted by molar-refractivity contribution is 4.81. The average molecular weight is 168 g/mol. The normalized spacial score (nSPS) is 45.8. The third-order valence-corrected chi connectivity index (χ3v) is 2.02. The zero-order valence-electron chi connectivity index (χ0n) is 6.47. The van der Waals surface area contributed by atoms with Crippen molar-refractivity contribution in [3.8, 4) is 0 Å². The van der Waals surface area contributed by atoms with Crippen molar-refractivity contribution in [1.29, 1.82) is 0 Å². The second-order valence-corrected chi connectivity index (χ2v) is 2.93. The number of aliphatic hydroxyl groups excluding tert-OH is 3. The summed E-state index contributed by atoms with van der Waals surface area (Å²) < 4.78 is 5.11. The van der Waals surface area contributed by atoms with E-state index >= 15 is 0 Å². The van der Waals surface area contributed by atoms with Gasteiger partial charge >= 0.3 is 0 Å². The van der Waals surface area contributed by atoms with E-state index < -0.39 is 18.3 Å². The van der Waals surface area contributed by atoms with Gasteiger partial charge in [-0.25, -0.2) is 0 Å². The molecule has 0 unspecified atom stereocenters. The van der Waals surface area contributed by atoms with Crippen LogP contribution < -0.4 is 0 Å². The SMILES string of the molecule is C[13C@@H]1O[13C@H]([13CH2]O)[13C@@H](O)[13CH2][13C@H]1O. The van der Waals surface area contributed by atoms with Crippen LogP contribution in [0.25, 0.3) is 0 Å².